The summed E-state index contributed by atoms with van der Waals surface area (Å²) in [6, 6.07) is 4.67. The van der Waals surface area contributed by atoms with E-state index in [0.29, 0.717) is 37.6 Å². The molecule has 1 aromatic carbocycles. The maximum absolute atomic E-state index is 12.9. The number of morpholine rings is 1. The molecule has 0 aromatic heterocycles. The van der Waals surface area contributed by atoms with E-state index in [1.54, 1.807) is 32.9 Å². The van der Waals surface area contributed by atoms with Crippen molar-refractivity contribution < 1.29 is 27.5 Å². The third kappa shape index (κ3) is 5.27. The van der Waals surface area contributed by atoms with Crippen molar-refractivity contribution in [3.8, 4) is 0 Å². The monoisotopic (exact) mass is 398 g/mol. The molecule has 1 aromatic rings. The minimum Gasteiger partial charge on any atom is -0.452 e. The molecule has 0 bridgehead atoms. The SMILES string of the molecule is Cc1ccc(NC(=O)[C@@H](C)OC(=O)C(C)C)cc1S(=O)(=O)N1CCOCC1. The largest absolute Gasteiger partial charge is 0.452 e. The van der Waals surface area contributed by atoms with Crippen LogP contribution in [0.1, 0.15) is 26.3 Å². The van der Waals surface area contributed by atoms with E-state index >= 15 is 0 Å². The third-order valence-corrected chi connectivity index (χ3v) is 6.22. The van der Waals surface area contributed by atoms with Crippen LogP contribution in [0.25, 0.3) is 0 Å². The summed E-state index contributed by atoms with van der Waals surface area (Å²) in [6.45, 7) is 7.81. The molecule has 1 N–H and O–H groups in total. The third-order valence-electron chi connectivity index (χ3n) is 4.18. The van der Waals surface area contributed by atoms with E-state index < -0.39 is 28.0 Å². The van der Waals surface area contributed by atoms with E-state index in [9.17, 15) is 18.0 Å². The van der Waals surface area contributed by atoms with E-state index in [4.69, 9.17) is 9.47 Å². The van der Waals surface area contributed by atoms with Gasteiger partial charge >= 0.3 is 5.97 Å². The Balaban J connectivity index is 2.17. The van der Waals surface area contributed by atoms with Gasteiger partial charge in [-0.15, -0.1) is 0 Å². The molecule has 27 heavy (non-hydrogen) atoms. The lowest BCUT2D eigenvalue weighted by Crippen LogP contribution is -2.40. The van der Waals surface area contributed by atoms with Crippen LogP contribution >= 0.6 is 0 Å². The number of nitrogens with one attached hydrogen (secondary N) is 1. The Labute approximate surface area is 159 Å². The molecule has 1 heterocycles. The Bertz CT molecular complexity index is 800. The predicted octanol–water partition coefficient (Wildman–Crippen LogP) is 1.54. The fourth-order valence-electron chi connectivity index (χ4n) is 2.49. The zero-order chi connectivity index (χ0) is 20.2. The molecule has 1 fully saturated rings. The van der Waals surface area contributed by atoms with E-state index in [0.717, 1.165) is 0 Å². The first-order valence-corrected chi connectivity index (χ1v) is 10.3. The molecule has 0 radical (unpaired) electrons. The number of esters is 1. The van der Waals surface area contributed by atoms with Crippen LogP contribution in [-0.4, -0.2) is 57.0 Å². The Kier molecular flexibility index (Phi) is 6.96. The quantitative estimate of drug-likeness (QED) is 0.730. The second-order valence-electron chi connectivity index (χ2n) is 6.72. The molecule has 150 valence electrons. The number of hydrogen-bond donors (Lipinski definition) is 1. The Hall–Kier alpha value is -1.97. The van der Waals surface area contributed by atoms with Crippen molar-refractivity contribution in [2.24, 2.45) is 5.92 Å². The zero-order valence-corrected chi connectivity index (χ0v) is 16.8. The summed E-state index contributed by atoms with van der Waals surface area (Å²) < 4.78 is 37.4. The molecule has 8 nitrogen and oxygen atoms in total. The molecule has 0 unspecified atom stereocenters. The fraction of sp³-hybridized carbons (Fsp3) is 0.556. The number of ether oxygens (including phenoxy) is 2. The maximum atomic E-state index is 12.9. The number of amides is 1. The standard InChI is InChI=1S/C18H26N2O6S/c1-12(2)18(22)26-14(4)17(21)19-15-6-5-13(3)16(11-15)27(23,24)20-7-9-25-10-8-20/h5-6,11-12,14H,7-10H2,1-4H3,(H,19,21)/t14-/m1/s1. The first kappa shape index (κ1) is 21.3. The summed E-state index contributed by atoms with van der Waals surface area (Å²) >= 11 is 0. The second kappa shape index (κ2) is 8.81. The maximum Gasteiger partial charge on any atom is 0.309 e. The highest BCUT2D eigenvalue weighted by Crippen LogP contribution is 2.24. The van der Waals surface area contributed by atoms with Gasteiger partial charge in [-0.3, -0.25) is 9.59 Å². The highest BCUT2D eigenvalue weighted by atomic mass is 32.2. The van der Waals surface area contributed by atoms with Crippen molar-refractivity contribution in [2.75, 3.05) is 31.6 Å². The van der Waals surface area contributed by atoms with Gasteiger partial charge in [0.05, 0.1) is 24.0 Å². The van der Waals surface area contributed by atoms with Crippen molar-refractivity contribution in [3.05, 3.63) is 23.8 Å². The lowest BCUT2D eigenvalue weighted by atomic mass is 10.2. The van der Waals surface area contributed by atoms with Crippen LogP contribution in [0.5, 0.6) is 0 Å². The van der Waals surface area contributed by atoms with Crippen molar-refractivity contribution in [3.63, 3.8) is 0 Å². The number of aryl methyl sites for hydroxylation is 1. The van der Waals surface area contributed by atoms with Gasteiger partial charge in [-0.2, -0.15) is 4.31 Å². The molecule has 1 amide bonds. The van der Waals surface area contributed by atoms with Gasteiger partial charge in [0.15, 0.2) is 6.10 Å². The van der Waals surface area contributed by atoms with Crippen molar-refractivity contribution in [2.45, 2.75) is 38.7 Å². The summed E-state index contributed by atoms with van der Waals surface area (Å²) in [4.78, 5) is 24.0. The predicted molar refractivity (Wildman–Crippen MR) is 99.8 cm³/mol. The van der Waals surface area contributed by atoms with Crippen LogP contribution in [0.2, 0.25) is 0 Å². The number of hydrogen-bond acceptors (Lipinski definition) is 6. The lowest BCUT2D eigenvalue weighted by Gasteiger charge is -2.27. The smallest absolute Gasteiger partial charge is 0.309 e. The van der Waals surface area contributed by atoms with E-state index in [1.807, 2.05) is 0 Å². The molecular weight excluding hydrogens is 372 g/mol. The van der Waals surface area contributed by atoms with Gasteiger partial charge in [-0.05, 0) is 31.5 Å². The molecule has 2 rings (SSSR count). The van der Waals surface area contributed by atoms with Crippen LogP contribution < -0.4 is 5.32 Å². The molecule has 9 heteroatoms. The first-order valence-electron chi connectivity index (χ1n) is 8.83. The van der Waals surface area contributed by atoms with Gasteiger partial charge < -0.3 is 14.8 Å². The van der Waals surface area contributed by atoms with Crippen molar-refractivity contribution >= 4 is 27.6 Å². The van der Waals surface area contributed by atoms with Gasteiger partial charge in [0.25, 0.3) is 5.91 Å². The molecule has 1 aliphatic rings. The van der Waals surface area contributed by atoms with Crippen molar-refractivity contribution in [1.29, 1.82) is 0 Å². The molecule has 0 spiro atoms. The highest BCUT2D eigenvalue weighted by molar-refractivity contribution is 7.89. The van der Waals surface area contributed by atoms with Gasteiger partial charge in [0.1, 0.15) is 0 Å². The van der Waals surface area contributed by atoms with E-state index in [-0.39, 0.29) is 10.8 Å². The van der Waals surface area contributed by atoms with Crippen LogP contribution in [-0.2, 0) is 29.1 Å². The molecule has 0 saturated carbocycles. The molecule has 0 aliphatic carbocycles. The molecule has 1 aliphatic heterocycles. The number of rotatable bonds is 6. The van der Waals surface area contributed by atoms with E-state index in [1.165, 1.54) is 17.3 Å². The van der Waals surface area contributed by atoms with Crippen molar-refractivity contribution in [1.82, 2.24) is 4.31 Å². The fourth-order valence-corrected chi connectivity index (χ4v) is 4.15. The average molecular weight is 398 g/mol. The summed E-state index contributed by atoms with van der Waals surface area (Å²) in [6.07, 6.45) is -0.986. The number of anilines is 1. The normalized spacial score (nSPS) is 16.8. The van der Waals surface area contributed by atoms with Crippen LogP contribution in [0.4, 0.5) is 5.69 Å². The number of carbonyl (C=O) groups excluding carboxylic acids is 2. The van der Waals surface area contributed by atoms with Gasteiger partial charge in [-0.25, -0.2) is 8.42 Å². The lowest BCUT2D eigenvalue weighted by molar-refractivity contribution is -0.156. The zero-order valence-electron chi connectivity index (χ0n) is 16.0. The molecular formula is C18H26N2O6S. The highest BCUT2D eigenvalue weighted by Gasteiger charge is 2.28. The van der Waals surface area contributed by atoms with Crippen LogP contribution in [0.15, 0.2) is 23.1 Å². The Morgan fingerprint density at radius 1 is 1.19 bits per heavy atom. The van der Waals surface area contributed by atoms with Gasteiger partial charge in [0, 0.05) is 18.8 Å². The van der Waals surface area contributed by atoms with Gasteiger partial charge in [0.2, 0.25) is 10.0 Å². The van der Waals surface area contributed by atoms with Crippen LogP contribution in [0, 0.1) is 12.8 Å². The van der Waals surface area contributed by atoms with Gasteiger partial charge in [-0.1, -0.05) is 19.9 Å². The number of nitrogens with zero attached hydrogens (tertiary/aromatic N) is 1. The summed E-state index contributed by atoms with van der Waals surface area (Å²) in [5.74, 6) is -1.34. The number of sulfonamides is 1. The van der Waals surface area contributed by atoms with E-state index in [2.05, 4.69) is 5.32 Å². The summed E-state index contributed by atoms with van der Waals surface area (Å²) in [5, 5.41) is 2.60. The Morgan fingerprint density at radius 3 is 2.41 bits per heavy atom. The van der Waals surface area contributed by atoms with Crippen LogP contribution in [0.3, 0.4) is 0 Å². The molecule has 1 atom stereocenters. The Morgan fingerprint density at radius 2 is 1.81 bits per heavy atom. The second-order valence-corrected chi connectivity index (χ2v) is 8.63. The molecule has 1 saturated heterocycles. The first-order chi connectivity index (χ1) is 12.6. The topological polar surface area (TPSA) is 102 Å². The minimum atomic E-state index is -3.68. The number of carbonyl (C=O) groups is 2. The average Bonchev–Trinajstić information content (AvgIpc) is 2.63. The summed E-state index contributed by atoms with van der Waals surface area (Å²) in [7, 11) is -3.68. The minimum absolute atomic E-state index is 0.133. The number of benzene rings is 1. The summed E-state index contributed by atoms with van der Waals surface area (Å²) in [5.41, 5.74) is 0.906.